The largest absolute Gasteiger partial charge is 0.338 e. The lowest BCUT2D eigenvalue weighted by Crippen LogP contribution is -2.34. The first kappa shape index (κ1) is 24.5. The zero-order valence-electron chi connectivity index (χ0n) is 21.4. The van der Waals surface area contributed by atoms with Crippen LogP contribution >= 0.6 is 0 Å². The molecule has 2 aromatic carbocycles. The maximum Gasteiger partial charge on any atom is 0.257 e. The average molecular weight is 510 g/mol. The Labute approximate surface area is 222 Å². The first-order valence-electron chi connectivity index (χ1n) is 13.4. The molecular weight excluding hydrogens is 477 g/mol. The van der Waals surface area contributed by atoms with E-state index >= 15 is 0 Å². The fourth-order valence-corrected chi connectivity index (χ4v) is 5.93. The molecule has 0 radical (unpaired) electrons. The van der Waals surface area contributed by atoms with Crippen LogP contribution in [0.5, 0.6) is 0 Å². The normalized spacial score (nSPS) is 18.7. The zero-order valence-corrected chi connectivity index (χ0v) is 21.4. The highest BCUT2D eigenvalue weighted by Gasteiger charge is 2.34. The third-order valence-electron chi connectivity index (χ3n) is 7.98. The summed E-state index contributed by atoms with van der Waals surface area (Å²) in [7, 11) is 0. The Hall–Kier alpha value is -3.84. The number of nitrogens with zero attached hydrogens (tertiary/aromatic N) is 5. The van der Waals surface area contributed by atoms with Crippen LogP contribution in [0.25, 0.3) is 5.69 Å². The summed E-state index contributed by atoms with van der Waals surface area (Å²) >= 11 is 0. The van der Waals surface area contributed by atoms with Crippen molar-refractivity contribution in [2.24, 2.45) is 0 Å². The summed E-state index contributed by atoms with van der Waals surface area (Å²) < 4.78 is 15.6. The molecule has 6 nitrogen and oxygen atoms in total. The number of benzene rings is 2. The standard InChI is InChI=1S/C31H32FN5O/c32-27-6-8-28(9-7-27)37-30(25-12-17-35(18-13-25)21-23-10-15-33-16-11-23)29(20-34-37)31(38)36-19-14-26(22-36)24-4-2-1-3-5-24/h1-11,15-16,20,25-26H,12-14,17-19,21-22H2/t26-/m0/s1. The Morgan fingerprint density at radius 2 is 1.58 bits per heavy atom. The van der Waals surface area contributed by atoms with Gasteiger partial charge in [0.25, 0.3) is 5.91 Å². The molecule has 38 heavy (non-hydrogen) atoms. The second-order valence-electron chi connectivity index (χ2n) is 10.4. The molecule has 1 amide bonds. The van der Waals surface area contributed by atoms with E-state index < -0.39 is 0 Å². The van der Waals surface area contributed by atoms with Gasteiger partial charge in [-0.1, -0.05) is 30.3 Å². The van der Waals surface area contributed by atoms with Gasteiger partial charge in [-0.25, -0.2) is 9.07 Å². The van der Waals surface area contributed by atoms with Crippen molar-refractivity contribution in [1.82, 2.24) is 24.6 Å². The lowest BCUT2D eigenvalue weighted by Gasteiger charge is -2.33. The second-order valence-corrected chi connectivity index (χ2v) is 10.4. The Morgan fingerprint density at radius 3 is 2.32 bits per heavy atom. The fourth-order valence-electron chi connectivity index (χ4n) is 5.93. The molecule has 0 unspecified atom stereocenters. The van der Waals surface area contributed by atoms with E-state index in [1.54, 1.807) is 18.3 Å². The minimum absolute atomic E-state index is 0.0472. The molecule has 0 bridgehead atoms. The third kappa shape index (κ3) is 5.11. The highest BCUT2D eigenvalue weighted by molar-refractivity contribution is 5.95. The van der Waals surface area contributed by atoms with Crippen LogP contribution in [0.2, 0.25) is 0 Å². The molecule has 2 aliphatic rings. The van der Waals surface area contributed by atoms with Gasteiger partial charge in [0.2, 0.25) is 0 Å². The number of hydrogen-bond acceptors (Lipinski definition) is 4. The summed E-state index contributed by atoms with van der Waals surface area (Å²) in [6, 6.07) is 20.9. The van der Waals surface area contributed by atoms with E-state index in [1.807, 2.05) is 28.0 Å². The van der Waals surface area contributed by atoms with Gasteiger partial charge < -0.3 is 4.90 Å². The van der Waals surface area contributed by atoms with E-state index in [9.17, 15) is 9.18 Å². The smallest absolute Gasteiger partial charge is 0.257 e. The summed E-state index contributed by atoms with van der Waals surface area (Å²) in [5, 5.41) is 4.67. The van der Waals surface area contributed by atoms with Crippen molar-refractivity contribution < 1.29 is 9.18 Å². The van der Waals surface area contributed by atoms with Crippen molar-refractivity contribution in [3.8, 4) is 5.69 Å². The lowest BCUT2D eigenvalue weighted by atomic mass is 9.90. The van der Waals surface area contributed by atoms with Crippen LogP contribution in [0.3, 0.4) is 0 Å². The van der Waals surface area contributed by atoms with E-state index in [2.05, 4.69) is 51.4 Å². The first-order chi connectivity index (χ1) is 18.7. The topological polar surface area (TPSA) is 54.3 Å². The Balaban J connectivity index is 1.24. The van der Waals surface area contributed by atoms with Crippen LogP contribution in [-0.4, -0.2) is 56.7 Å². The number of carbonyl (C=O) groups excluding carboxylic acids is 1. The number of pyridine rings is 1. The average Bonchev–Trinajstić information content (AvgIpc) is 3.63. The molecule has 194 valence electrons. The van der Waals surface area contributed by atoms with Gasteiger partial charge in [0, 0.05) is 43.9 Å². The molecule has 2 fully saturated rings. The van der Waals surface area contributed by atoms with Crippen LogP contribution in [0.4, 0.5) is 4.39 Å². The van der Waals surface area contributed by atoms with Crippen molar-refractivity contribution in [3.05, 3.63) is 114 Å². The summed E-state index contributed by atoms with van der Waals surface area (Å²) in [4.78, 5) is 22.4. The molecule has 2 aliphatic heterocycles. The molecule has 6 rings (SSSR count). The first-order valence-corrected chi connectivity index (χ1v) is 13.4. The van der Waals surface area contributed by atoms with Crippen molar-refractivity contribution in [2.75, 3.05) is 26.2 Å². The number of aromatic nitrogens is 3. The summed E-state index contributed by atoms with van der Waals surface area (Å²) in [5.74, 6) is 0.313. The van der Waals surface area contributed by atoms with Gasteiger partial charge >= 0.3 is 0 Å². The molecule has 2 aromatic heterocycles. The number of likely N-dealkylation sites (tertiary alicyclic amines) is 2. The summed E-state index contributed by atoms with van der Waals surface area (Å²) in [6.07, 6.45) is 8.23. The van der Waals surface area contributed by atoms with E-state index in [-0.39, 0.29) is 17.6 Å². The van der Waals surface area contributed by atoms with Crippen molar-refractivity contribution in [1.29, 1.82) is 0 Å². The van der Waals surface area contributed by atoms with Gasteiger partial charge in [0.05, 0.1) is 23.1 Å². The zero-order chi connectivity index (χ0) is 25.9. The van der Waals surface area contributed by atoms with Crippen molar-refractivity contribution in [2.45, 2.75) is 37.6 Å². The van der Waals surface area contributed by atoms with Crippen LogP contribution in [0.1, 0.15) is 58.3 Å². The number of amides is 1. The summed E-state index contributed by atoms with van der Waals surface area (Å²) in [6.45, 7) is 4.23. The van der Waals surface area contributed by atoms with E-state index in [0.29, 0.717) is 18.0 Å². The van der Waals surface area contributed by atoms with Crippen molar-refractivity contribution in [3.63, 3.8) is 0 Å². The molecule has 0 saturated carbocycles. The van der Waals surface area contributed by atoms with Crippen LogP contribution in [0.15, 0.2) is 85.3 Å². The molecule has 0 N–H and O–H groups in total. The second kappa shape index (κ2) is 10.9. The third-order valence-corrected chi connectivity index (χ3v) is 7.98. The quantitative estimate of drug-likeness (QED) is 0.349. The van der Waals surface area contributed by atoms with Crippen LogP contribution < -0.4 is 0 Å². The number of carbonyl (C=O) groups is 1. The Morgan fingerprint density at radius 1 is 0.868 bits per heavy atom. The van der Waals surface area contributed by atoms with Gasteiger partial charge in [-0.3, -0.25) is 14.7 Å². The number of hydrogen-bond donors (Lipinski definition) is 0. The van der Waals surface area contributed by atoms with Gasteiger partial charge in [-0.15, -0.1) is 0 Å². The number of halogens is 1. The Kier molecular flexibility index (Phi) is 7.01. The lowest BCUT2D eigenvalue weighted by molar-refractivity contribution is 0.0788. The maximum absolute atomic E-state index is 13.9. The number of rotatable bonds is 6. The van der Waals surface area contributed by atoms with Gasteiger partial charge in [-0.05, 0) is 79.9 Å². The molecule has 4 heterocycles. The predicted octanol–water partition coefficient (Wildman–Crippen LogP) is 5.42. The fraction of sp³-hybridized carbons (Fsp3) is 0.323. The van der Waals surface area contributed by atoms with Gasteiger partial charge in [-0.2, -0.15) is 5.10 Å². The minimum atomic E-state index is -0.285. The molecule has 0 spiro atoms. The number of piperidine rings is 1. The molecule has 4 aromatic rings. The highest BCUT2D eigenvalue weighted by Crippen LogP contribution is 2.35. The molecule has 2 saturated heterocycles. The maximum atomic E-state index is 13.9. The molecular formula is C31H32FN5O. The van der Waals surface area contributed by atoms with E-state index in [4.69, 9.17) is 0 Å². The SMILES string of the molecule is O=C(c1cnn(-c2ccc(F)cc2)c1C1CCN(Cc2ccncc2)CC1)N1CC[C@H](c2ccccc2)C1. The monoisotopic (exact) mass is 509 g/mol. The van der Waals surface area contributed by atoms with E-state index in [0.717, 1.165) is 56.8 Å². The minimum Gasteiger partial charge on any atom is -0.338 e. The Bertz CT molecular complexity index is 1360. The predicted molar refractivity (Wildman–Crippen MR) is 145 cm³/mol. The van der Waals surface area contributed by atoms with Gasteiger partial charge in [0.15, 0.2) is 0 Å². The van der Waals surface area contributed by atoms with Gasteiger partial charge in [0.1, 0.15) is 5.82 Å². The van der Waals surface area contributed by atoms with Crippen LogP contribution in [-0.2, 0) is 6.54 Å². The molecule has 1 atom stereocenters. The van der Waals surface area contributed by atoms with Crippen molar-refractivity contribution >= 4 is 5.91 Å². The molecule has 7 heteroatoms. The molecule has 0 aliphatic carbocycles. The van der Waals surface area contributed by atoms with Crippen LogP contribution in [0, 0.1) is 5.82 Å². The highest BCUT2D eigenvalue weighted by atomic mass is 19.1. The van der Waals surface area contributed by atoms with E-state index in [1.165, 1.54) is 23.3 Å². The summed E-state index contributed by atoms with van der Waals surface area (Å²) in [5.41, 5.74) is 4.95.